The lowest BCUT2D eigenvalue weighted by molar-refractivity contribution is 0.0953. The molecule has 1 amide bonds. The maximum absolute atomic E-state index is 11.7. The largest absolute Gasteiger partial charge is 0.426 e. The predicted octanol–water partition coefficient (Wildman–Crippen LogP) is 2.00. The molecular formula is C12H12ClN3O2. The summed E-state index contributed by atoms with van der Waals surface area (Å²) in [5.41, 5.74) is 0.570. The number of carbonyl (C=O) groups is 1. The Bertz CT molecular complexity index is 537. The lowest BCUT2D eigenvalue weighted by atomic mass is 10.2. The molecule has 2 aromatic rings. The van der Waals surface area contributed by atoms with Crippen molar-refractivity contribution in [2.45, 2.75) is 13.3 Å². The zero-order valence-electron chi connectivity index (χ0n) is 9.81. The fourth-order valence-corrected chi connectivity index (χ4v) is 1.55. The number of hydrogen-bond acceptors (Lipinski definition) is 4. The van der Waals surface area contributed by atoms with Crippen molar-refractivity contribution in [3.63, 3.8) is 0 Å². The number of carbonyl (C=O) groups excluding carboxylic acids is 1. The van der Waals surface area contributed by atoms with Gasteiger partial charge in [0.05, 0.1) is 0 Å². The molecule has 18 heavy (non-hydrogen) atoms. The predicted molar refractivity (Wildman–Crippen MR) is 66.5 cm³/mol. The highest BCUT2D eigenvalue weighted by molar-refractivity contribution is 6.30. The van der Waals surface area contributed by atoms with E-state index in [1.54, 1.807) is 31.2 Å². The van der Waals surface area contributed by atoms with E-state index >= 15 is 0 Å². The van der Waals surface area contributed by atoms with Crippen LogP contribution in [0.15, 0.2) is 28.7 Å². The molecule has 0 radical (unpaired) electrons. The Kier molecular flexibility index (Phi) is 3.94. The molecule has 0 bridgehead atoms. The molecule has 0 saturated heterocycles. The van der Waals surface area contributed by atoms with Crippen LogP contribution in [0.4, 0.5) is 0 Å². The van der Waals surface area contributed by atoms with Crippen LogP contribution in [0.5, 0.6) is 0 Å². The van der Waals surface area contributed by atoms with Crippen LogP contribution in [-0.4, -0.2) is 22.6 Å². The molecule has 0 aliphatic heterocycles. The SMILES string of the molecule is Cc1nnc(CCNC(=O)c2ccc(Cl)cc2)o1. The van der Waals surface area contributed by atoms with Crippen molar-refractivity contribution < 1.29 is 9.21 Å². The van der Waals surface area contributed by atoms with Gasteiger partial charge in [0, 0.05) is 30.5 Å². The number of benzene rings is 1. The first-order valence-electron chi connectivity index (χ1n) is 5.48. The van der Waals surface area contributed by atoms with E-state index in [1.165, 1.54) is 0 Å². The van der Waals surface area contributed by atoms with Crippen molar-refractivity contribution >= 4 is 17.5 Å². The topological polar surface area (TPSA) is 68.0 Å². The van der Waals surface area contributed by atoms with E-state index in [0.29, 0.717) is 35.3 Å². The number of nitrogens with one attached hydrogen (secondary N) is 1. The zero-order chi connectivity index (χ0) is 13.0. The summed E-state index contributed by atoms with van der Waals surface area (Å²) in [6.45, 7) is 2.17. The summed E-state index contributed by atoms with van der Waals surface area (Å²) in [5, 5.41) is 10.9. The van der Waals surface area contributed by atoms with Crippen LogP contribution >= 0.6 is 11.6 Å². The van der Waals surface area contributed by atoms with Crippen molar-refractivity contribution in [2.75, 3.05) is 6.54 Å². The van der Waals surface area contributed by atoms with Gasteiger partial charge in [-0.3, -0.25) is 4.79 Å². The summed E-state index contributed by atoms with van der Waals surface area (Å²) in [5.74, 6) is 0.890. The minimum atomic E-state index is -0.150. The van der Waals surface area contributed by atoms with E-state index in [0.717, 1.165) is 0 Å². The molecule has 1 aromatic carbocycles. The van der Waals surface area contributed by atoms with Crippen molar-refractivity contribution in [1.29, 1.82) is 0 Å². The summed E-state index contributed by atoms with van der Waals surface area (Å²) in [4.78, 5) is 11.7. The van der Waals surface area contributed by atoms with Gasteiger partial charge < -0.3 is 9.73 Å². The average Bonchev–Trinajstić information content (AvgIpc) is 2.76. The van der Waals surface area contributed by atoms with Crippen LogP contribution < -0.4 is 5.32 Å². The quantitative estimate of drug-likeness (QED) is 0.918. The third-order valence-corrected chi connectivity index (χ3v) is 2.55. The number of halogens is 1. The molecule has 5 nitrogen and oxygen atoms in total. The summed E-state index contributed by atoms with van der Waals surface area (Å²) in [6.07, 6.45) is 0.514. The molecule has 0 aliphatic carbocycles. The number of rotatable bonds is 4. The molecule has 0 saturated carbocycles. The Balaban J connectivity index is 1.83. The lowest BCUT2D eigenvalue weighted by Gasteiger charge is -2.03. The van der Waals surface area contributed by atoms with Crippen LogP contribution in [0.25, 0.3) is 0 Å². The maximum atomic E-state index is 11.7. The number of aromatic nitrogens is 2. The fraction of sp³-hybridized carbons (Fsp3) is 0.250. The zero-order valence-corrected chi connectivity index (χ0v) is 10.6. The minimum absolute atomic E-state index is 0.150. The molecule has 0 aliphatic rings. The van der Waals surface area contributed by atoms with Crippen LogP contribution in [0.2, 0.25) is 5.02 Å². The monoisotopic (exact) mass is 265 g/mol. The van der Waals surface area contributed by atoms with Gasteiger partial charge in [0.1, 0.15) is 0 Å². The van der Waals surface area contributed by atoms with Gasteiger partial charge in [-0.05, 0) is 24.3 Å². The number of aryl methyl sites for hydroxylation is 1. The summed E-state index contributed by atoms with van der Waals surface area (Å²) < 4.78 is 5.20. The molecule has 6 heteroatoms. The highest BCUT2D eigenvalue weighted by atomic mass is 35.5. The van der Waals surface area contributed by atoms with E-state index in [2.05, 4.69) is 15.5 Å². The molecule has 0 fully saturated rings. The van der Waals surface area contributed by atoms with Crippen molar-refractivity contribution in [3.8, 4) is 0 Å². The van der Waals surface area contributed by atoms with E-state index in [4.69, 9.17) is 16.0 Å². The Morgan fingerprint density at radius 2 is 2.06 bits per heavy atom. The number of hydrogen-bond donors (Lipinski definition) is 1. The van der Waals surface area contributed by atoms with Crippen molar-refractivity contribution in [3.05, 3.63) is 46.6 Å². The van der Waals surface area contributed by atoms with Crippen molar-refractivity contribution in [1.82, 2.24) is 15.5 Å². The minimum Gasteiger partial charge on any atom is -0.426 e. The van der Waals surface area contributed by atoms with E-state index in [9.17, 15) is 4.79 Å². The maximum Gasteiger partial charge on any atom is 0.251 e. The highest BCUT2D eigenvalue weighted by Gasteiger charge is 2.06. The lowest BCUT2D eigenvalue weighted by Crippen LogP contribution is -2.25. The van der Waals surface area contributed by atoms with Crippen LogP contribution in [0.1, 0.15) is 22.1 Å². The molecule has 0 spiro atoms. The van der Waals surface area contributed by atoms with Gasteiger partial charge >= 0.3 is 0 Å². The average molecular weight is 266 g/mol. The Labute approximate surface area is 109 Å². The van der Waals surface area contributed by atoms with Crippen LogP contribution in [0, 0.1) is 6.92 Å². The van der Waals surface area contributed by atoms with Gasteiger partial charge in [-0.15, -0.1) is 10.2 Å². The van der Waals surface area contributed by atoms with Gasteiger partial charge in [0.25, 0.3) is 5.91 Å². The molecule has 2 rings (SSSR count). The Hall–Kier alpha value is -1.88. The fourth-order valence-electron chi connectivity index (χ4n) is 1.42. The standard InChI is InChI=1S/C12H12ClN3O2/c1-8-15-16-11(18-8)6-7-14-12(17)9-2-4-10(13)5-3-9/h2-5H,6-7H2,1H3,(H,14,17). The Morgan fingerprint density at radius 3 is 2.67 bits per heavy atom. The second-order valence-electron chi connectivity index (χ2n) is 3.73. The molecule has 1 N–H and O–H groups in total. The van der Waals surface area contributed by atoms with E-state index < -0.39 is 0 Å². The third kappa shape index (κ3) is 3.30. The van der Waals surface area contributed by atoms with Gasteiger partial charge in [0.2, 0.25) is 11.8 Å². The van der Waals surface area contributed by atoms with Gasteiger partial charge in [0.15, 0.2) is 0 Å². The highest BCUT2D eigenvalue weighted by Crippen LogP contribution is 2.09. The Morgan fingerprint density at radius 1 is 1.33 bits per heavy atom. The molecule has 1 heterocycles. The molecule has 0 atom stereocenters. The van der Waals surface area contributed by atoms with E-state index in [-0.39, 0.29) is 5.91 Å². The molecular weight excluding hydrogens is 254 g/mol. The first-order chi connectivity index (χ1) is 8.65. The summed E-state index contributed by atoms with van der Waals surface area (Å²) in [7, 11) is 0. The van der Waals surface area contributed by atoms with Gasteiger partial charge in [-0.25, -0.2) is 0 Å². The van der Waals surface area contributed by atoms with E-state index in [1.807, 2.05) is 0 Å². The number of nitrogens with zero attached hydrogens (tertiary/aromatic N) is 2. The smallest absolute Gasteiger partial charge is 0.251 e. The van der Waals surface area contributed by atoms with Crippen LogP contribution in [0.3, 0.4) is 0 Å². The molecule has 94 valence electrons. The molecule has 0 unspecified atom stereocenters. The number of amides is 1. The third-order valence-electron chi connectivity index (χ3n) is 2.30. The second-order valence-corrected chi connectivity index (χ2v) is 4.16. The van der Waals surface area contributed by atoms with Crippen LogP contribution in [-0.2, 0) is 6.42 Å². The van der Waals surface area contributed by atoms with Gasteiger partial charge in [-0.1, -0.05) is 11.6 Å². The molecule has 1 aromatic heterocycles. The second kappa shape index (κ2) is 5.64. The first kappa shape index (κ1) is 12.6. The van der Waals surface area contributed by atoms with Gasteiger partial charge in [-0.2, -0.15) is 0 Å². The van der Waals surface area contributed by atoms with Crippen molar-refractivity contribution in [2.24, 2.45) is 0 Å². The first-order valence-corrected chi connectivity index (χ1v) is 5.86. The summed E-state index contributed by atoms with van der Waals surface area (Å²) in [6, 6.07) is 6.71. The normalized spacial score (nSPS) is 10.3. The summed E-state index contributed by atoms with van der Waals surface area (Å²) >= 11 is 5.74.